The molecule has 1 aliphatic rings. The largest absolute Gasteiger partial charge is 0.496 e. The predicted molar refractivity (Wildman–Crippen MR) is 97.7 cm³/mol. The number of carboxylic acids is 1. The molecule has 0 atom stereocenters. The fraction of sp³-hybridized carbons (Fsp3) is 0.389. The second-order valence-electron chi connectivity index (χ2n) is 6.62. The maximum absolute atomic E-state index is 12.8. The van der Waals surface area contributed by atoms with Crippen LogP contribution in [0.4, 0.5) is 5.69 Å². The summed E-state index contributed by atoms with van der Waals surface area (Å²) < 4.78 is 6.79. The molecule has 2 heterocycles. The summed E-state index contributed by atoms with van der Waals surface area (Å²) in [7, 11) is 1.40. The second-order valence-corrected chi connectivity index (χ2v) is 6.62. The monoisotopic (exact) mass is 388 g/mol. The SMILES string of the molecule is COc1cc(C(=O)N2CCC(n3cc(C(=O)O)cn3)CC2)cc([N+](=O)[O-])c1C. The van der Waals surface area contributed by atoms with Crippen LogP contribution in [0.1, 0.15) is 45.2 Å². The lowest BCUT2D eigenvalue weighted by atomic mass is 10.0. The Labute approximate surface area is 160 Å². The van der Waals surface area contributed by atoms with Gasteiger partial charge < -0.3 is 14.7 Å². The summed E-state index contributed by atoms with van der Waals surface area (Å²) >= 11 is 0. The van der Waals surface area contributed by atoms with Crippen molar-refractivity contribution in [3.05, 3.63) is 51.3 Å². The van der Waals surface area contributed by atoms with E-state index in [2.05, 4.69) is 5.10 Å². The molecule has 28 heavy (non-hydrogen) atoms. The van der Waals surface area contributed by atoms with Gasteiger partial charge in [-0.2, -0.15) is 5.10 Å². The molecule has 0 spiro atoms. The summed E-state index contributed by atoms with van der Waals surface area (Å²) in [5.74, 6) is -1.04. The minimum atomic E-state index is -1.03. The Balaban J connectivity index is 1.73. The lowest BCUT2D eigenvalue weighted by molar-refractivity contribution is -0.385. The number of amides is 1. The number of nitrogens with zero attached hydrogens (tertiary/aromatic N) is 4. The Morgan fingerprint density at radius 1 is 1.29 bits per heavy atom. The summed E-state index contributed by atoms with van der Waals surface area (Å²) in [6.45, 7) is 2.46. The van der Waals surface area contributed by atoms with Gasteiger partial charge in [-0.15, -0.1) is 0 Å². The lowest BCUT2D eigenvalue weighted by Gasteiger charge is -2.32. The molecule has 1 saturated heterocycles. The number of ether oxygens (including phenoxy) is 1. The number of piperidine rings is 1. The Bertz CT molecular complexity index is 930. The van der Waals surface area contributed by atoms with Crippen molar-refractivity contribution >= 4 is 17.6 Å². The van der Waals surface area contributed by atoms with Gasteiger partial charge in [-0.1, -0.05) is 0 Å². The summed E-state index contributed by atoms with van der Waals surface area (Å²) in [4.78, 5) is 36.2. The van der Waals surface area contributed by atoms with Gasteiger partial charge in [0.1, 0.15) is 5.75 Å². The number of nitro groups is 1. The number of aromatic carboxylic acids is 1. The van der Waals surface area contributed by atoms with Crippen molar-refractivity contribution in [3.8, 4) is 5.75 Å². The molecule has 1 fully saturated rings. The molecule has 1 aromatic carbocycles. The number of hydrogen-bond donors (Lipinski definition) is 1. The van der Waals surface area contributed by atoms with E-state index in [1.807, 2.05) is 0 Å². The Morgan fingerprint density at radius 3 is 2.50 bits per heavy atom. The fourth-order valence-corrected chi connectivity index (χ4v) is 3.36. The van der Waals surface area contributed by atoms with Gasteiger partial charge in [0, 0.05) is 25.4 Å². The molecule has 1 amide bonds. The molecule has 10 heteroatoms. The van der Waals surface area contributed by atoms with E-state index in [1.165, 1.54) is 31.6 Å². The first kappa shape index (κ1) is 19.3. The second kappa shape index (κ2) is 7.67. The van der Waals surface area contributed by atoms with Crippen molar-refractivity contribution in [1.82, 2.24) is 14.7 Å². The van der Waals surface area contributed by atoms with Gasteiger partial charge in [-0.3, -0.25) is 19.6 Å². The highest BCUT2D eigenvalue weighted by Gasteiger charge is 2.28. The minimum Gasteiger partial charge on any atom is -0.496 e. The van der Waals surface area contributed by atoms with Crippen LogP contribution in [0, 0.1) is 17.0 Å². The molecule has 0 bridgehead atoms. The van der Waals surface area contributed by atoms with Gasteiger partial charge >= 0.3 is 5.97 Å². The minimum absolute atomic E-state index is 0.000889. The van der Waals surface area contributed by atoms with E-state index < -0.39 is 10.9 Å². The zero-order chi connectivity index (χ0) is 20.4. The number of nitro benzene ring substituents is 1. The van der Waals surface area contributed by atoms with E-state index in [1.54, 1.807) is 16.5 Å². The number of benzene rings is 1. The molecule has 1 N–H and O–H groups in total. The van der Waals surface area contributed by atoms with Crippen LogP contribution in [0.15, 0.2) is 24.5 Å². The van der Waals surface area contributed by atoms with E-state index in [4.69, 9.17) is 9.84 Å². The summed E-state index contributed by atoms with van der Waals surface area (Å²) in [5, 5.41) is 24.4. The topological polar surface area (TPSA) is 128 Å². The summed E-state index contributed by atoms with van der Waals surface area (Å²) in [6.07, 6.45) is 4.01. The number of hydrogen-bond acceptors (Lipinski definition) is 6. The normalized spacial score (nSPS) is 14.7. The molecule has 0 radical (unpaired) electrons. The van der Waals surface area contributed by atoms with Gasteiger partial charge in [0.25, 0.3) is 11.6 Å². The van der Waals surface area contributed by atoms with Gasteiger partial charge in [-0.05, 0) is 25.8 Å². The number of methoxy groups -OCH3 is 1. The highest BCUT2D eigenvalue weighted by atomic mass is 16.6. The molecule has 1 aromatic heterocycles. The van der Waals surface area contributed by atoms with Crippen LogP contribution in [0.2, 0.25) is 0 Å². The first-order chi connectivity index (χ1) is 13.3. The maximum atomic E-state index is 12.8. The molecule has 3 rings (SSSR count). The van der Waals surface area contributed by atoms with Crippen LogP contribution < -0.4 is 4.74 Å². The van der Waals surface area contributed by atoms with Crippen LogP contribution in [0.3, 0.4) is 0 Å². The zero-order valence-electron chi connectivity index (χ0n) is 15.5. The molecule has 148 valence electrons. The number of carbonyl (C=O) groups is 2. The number of rotatable bonds is 5. The smallest absolute Gasteiger partial charge is 0.338 e. The number of carboxylic acid groups (broad SMARTS) is 1. The van der Waals surface area contributed by atoms with Crippen LogP contribution in [-0.2, 0) is 0 Å². The van der Waals surface area contributed by atoms with Crippen molar-refractivity contribution in [2.24, 2.45) is 0 Å². The molecule has 1 aliphatic heterocycles. The van der Waals surface area contributed by atoms with Crippen LogP contribution in [0.25, 0.3) is 0 Å². The highest BCUT2D eigenvalue weighted by molar-refractivity contribution is 5.95. The Morgan fingerprint density at radius 2 is 1.96 bits per heavy atom. The van der Waals surface area contributed by atoms with Crippen LogP contribution in [0.5, 0.6) is 5.75 Å². The average Bonchev–Trinajstić information content (AvgIpc) is 3.18. The van der Waals surface area contributed by atoms with Crippen molar-refractivity contribution in [3.63, 3.8) is 0 Å². The number of carbonyl (C=O) groups excluding carboxylic acids is 1. The van der Waals surface area contributed by atoms with E-state index in [-0.39, 0.29) is 28.8 Å². The fourth-order valence-electron chi connectivity index (χ4n) is 3.36. The quantitative estimate of drug-likeness (QED) is 0.615. The maximum Gasteiger partial charge on any atom is 0.338 e. The zero-order valence-corrected chi connectivity index (χ0v) is 15.5. The third kappa shape index (κ3) is 3.66. The third-order valence-electron chi connectivity index (χ3n) is 4.97. The van der Waals surface area contributed by atoms with Gasteiger partial charge in [0.05, 0.1) is 41.0 Å². The third-order valence-corrected chi connectivity index (χ3v) is 4.97. The standard InChI is InChI=1S/C18H20N4O6/c1-11-15(22(26)27)7-12(8-16(11)28-2)17(23)20-5-3-14(4-6-20)21-10-13(9-19-21)18(24)25/h7-10,14H,3-6H2,1-2H3,(H,24,25). The lowest BCUT2D eigenvalue weighted by Crippen LogP contribution is -2.39. The predicted octanol–water partition coefficient (Wildman–Crippen LogP) is 2.28. The van der Waals surface area contributed by atoms with E-state index in [0.717, 1.165) is 0 Å². The molecular weight excluding hydrogens is 368 g/mol. The van der Waals surface area contributed by atoms with Gasteiger partial charge in [0.2, 0.25) is 0 Å². The Kier molecular flexibility index (Phi) is 5.30. The van der Waals surface area contributed by atoms with E-state index in [9.17, 15) is 19.7 Å². The summed E-state index contributed by atoms with van der Waals surface area (Å²) in [6, 6.07) is 2.79. The average molecular weight is 388 g/mol. The molecule has 0 unspecified atom stereocenters. The molecular formula is C18H20N4O6. The Hall–Kier alpha value is -3.43. The molecule has 10 nitrogen and oxygen atoms in total. The molecule has 2 aromatic rings. The van der Waals surface area contributed by atoms with Crippen molar-refractivity contribution in [2.45, 2.75) is 25.8 Å². The van der Waals surface area contributed by atoms with Gasteiger partial charge in [0.15, 0.2) is 0 Å². The van der Waals surface area contributed by atoms with Crippen LogP contribution >= 0.6 is 0 Å². The first-order valence-electron chi connectivity index (χ1n) is 8.71. The van der Waals surface area contributed by atoms with Gasteiger partial charge in [-0.25, -0.2) is 4.79 Å². The van der Waals surface area contributed by atoms with Crippen molar-refractivity contribution in [2.75, 3.05) is 20.2 Å². The summed E-state index contributed by atoms with van der Waals surface area (Å²) in [5.41, 5.74) is 0.545. The highest BCUT2D eigenvalue weighted by Crippen LogP contribution is 2.31. The molecule has 0 aliphatic carbocycles. The first-order valence-corrected chi connectivity index (χ1v) is 8.71. The van der Waals surface area contributed by atoms with Crippen molar-refractivity contribution < 1.29 is 24.4 Å². The van der Waals surface area contributed by atoms with Crippen LogP contribution in [-0.4, -0.2) is 56.8 Å². The number of aromatic nitrogens is 2. The number of likely N-dealkylation sites (tertiary alicyclic amines) is 1. The molecule has 0 saturated carbocycles. The van der Waals surface area contributed by atoms with E-state index >= 15 is 0 Å². The van der Waals surface area contributed by atoms with E-state index in [0.29, 0.717) is 37.2 Å². The van der Waals surface area contributed by atoms with Crippen molar-refractivity contribution in [1.29, 1.82) is 0 Å².